The monoisotopic (exact) mass is 236 g/mol. The van der Waals surface area contributed by atoms with Crippen LogP contribution in [0, 0.1) is 0 Å². The molecule has 5 nitrogen and oxygen atoms in total. The van der Waals surface area contributed by atoms with Gasteiger partial charge in [0.1, 0.15) is 0 Å². The number of hydrogen-bond acceptors (Lipinski definition) is 4. The van der Waals surface area contributed by atoms with Crippen molar-refractivity contribution >= 4 is 5.91 Å². The van der Waals surface area contributed by atoms with Crippen molar-refractivity contribution in [2.45, 2.75) is 31.3 Å². The fraction of sp³-hybridized carbons (Fsp3) is 0.417. The Balaban J connectivity index is 1.94. The molecule has 0 saturated heterocycles. The Morgan fingerprint density at radius 2 is 2.12 bits per heavy atom. The summed E-state index contributed by atoms with van der Waals surface area (Å²) < 4.78 is 0. The first kappa shape index (κ1) is 11.7. The number of phenols is 2. The molecule has 1 amide bonds. The summed E-state index contributed by atoms with van der Waals surface area (Å²) in [5, 5.41) is 21.3. The van der Waals surface area contributed by atoms with Crippen molar-refractivity contribution in [3.63, 3.8) is 0 Å². The third-order valence-electron chi connectivity index (χ3n) is 2.76. The second-order valence-electron chi connectivity index (χ2n) is 4.42. The summed E-state index contributed by atoms with van der Waals surface area (Å²) in [7, 11) is 0. The van der Waals surface area contributed by atoms with Gasteiger partial charge < -0.3 is 21.3 Å². The van der Waals surface area contributed by atoms with E-state index in [1.807, 2.05) is 0 Å². The lowest BCUT2D eigenvalue weighted by Crippen LogP contribution is -2.42. The highest BCUT2D eigenvalue weighted by molar-refractivity contribution is 5.82. The zero-order chi connectivity index (χ0) is 12.4. The largest absolute Gasteiger partial charge is 0.504 e. The smallest absolute Gasteiger partial charge is 0.237 e. The molecule has 17 heavy (non-hydrogen) atoms. The topological polar surface area (TPSA) is 95.6 Å². The van der Waals surface area contributed by atoms with Gasteiger partial charge in [-0.1, -0.05) is 6.07 Å². The standard InChI is InChI=1S/C12H16N2O3/c13-9(12(17)14-8-2-3-8)5-7-1-4-10(15)11(16)6-7/h1,4,6,8-9,15-16H,2-3,5,13H2,(H,14,17)/t9-/m0/s1. The number of aromatic hydroxyl groups is 2. The van der Waals surface area contributed by atoms with Gasteiger partial charge in [0.25, 0.3) is 0 Å². The van der Waals surface area contributed by atoms with Gasteiger partial charge in [-0.3, -0.25) is 4.79 Å². The molecule has 5 N–H and O–H groups in total. The Morgan fingerprint density at radius 1 is 1.41 bits per heavy atom. The molecule has 0 aromatic heterocycles. The summed E-state index contributed by atoms with van der Waals surface area (Å²) in [6.07, 6.45) is 2.39. The first-order valence-corrected chi connectivity index (χ1v) is 5.63. The number of nitrogens with one attached hydrogen (secondary N) is 1. The van der Waals surface area contributed by atoms with Gasteiger partial charge >= 0.3 is 0 Å². The van der Waals surface area contributed by atoms with Crippen LogP contribution in [0.15, 0.2) is 18.2 Å². The molecule has 0 radical (unpaired) electrons. The second-order valence-corrected chi connectivity index (χ2v) is 4.42. The Bertz CT molecular complexity index is 430. The van der Waals surface area contributed by atoms with Crippen LogP contribution in [0.4, 0.5) is 0 Å². The van der Waals surface area contributed by atoms with E-state index in [0.29, 0.717) is 12.5 Å². The van der Waals surface area contributed by atoms with Gasteiger partial charge in [0.2, 0.25) is 5.91 Å². The summed E-state index contributed by atoms with van der Waals surface area (Å²) in [6, 6.07) is 4.11. The van der Waals surface area contributed by atoms with Crippen LogP contribution in [0.2, 0.25) is 0 Å². The second kappa shape index (κ2) is 4.63. The fourth-order valence-electron chi connectivity index (χ4n) is 1.58. The highest BCUT2D eigenvalue weighted by atomic mass is 16.3. The molecule has 1 fully saturated rings. The molecule has 0 heterocycles. The van der Waals surface area contributed by atoms with E-state index in [9.17, 15) is 9.90 Å². The number of amides is 1. The van der Waals surface area contributed by atoms with Crippen molar-refractivity contribution in [3.8, 4) is 11.5 Å². The van der Waals surface area contributed by atoms with Gasteiger partial charge in [0.15, 0.2) is 11.5 Å². The average Bonchev–Trinajstić information content (AvgIpc) is 3.07. The Hall–Kier alpha value is -1.75. The van der Waals surface area contributed by atoms with Crippen molar-refractivity contribution in [1.82, 2.24) is 5.32 Å². The number of carbonyl (C=O) groups is 1. The van der Waals surface area contributed by atoms with Crippen molar-refractivity contribution in [2.75, 3.05) is 0 Å². The molecule has 0 aliphatic heterocycles. The van der Waals surface area contributed by atoms with Gasteiger partial charge in [0.05, 0.1) is 6.04 Å². The molecular formula is C12H16N2O3. The van der Waals surface area contributed by atoms with Crippen LogP contribution in [0.3, 0.4) is 0 Å². The van der Waals surface area contributed by atoms with Crippen LogP contribution < -0.4 is 11.1 Å². The van der Waals surface area contributed by atoms with E-state index in [1.54, 1.807) is 6.07 Å². The normalized spacial score (nSPS) is 16.5. The molecule has 1 aliphatic carbocycles. The van der Waals surface area contributed by atoms with E-state index >= 15 is 0 Å². The average molecular weight is 236 g/mol. The van der Waals surface area contributed by atoms with Crippen LogP contribution >= 0.6 is 0 Å². The number of carbonyl (C=O) groups excluding carboxylic acids is 1. The predicted octanol–water partition coefficient (Wildman–Crippen LogP) is 0.246. The molecule has 1 atom stereocenters. The van der Waals surface area contributed by atoms with Crippen molar-refractivity contribution in [2.24, 2.45) is 5.73 Å². The number of hydrogen-bond donors (Lipinski definition) is 4. The Kier molecular flexibility index (Phi) is 3.19. The number of rotatable bonds is 4. The predicted molar refractivity (Wildman–Crippen MR) is 62.6 cm³/mol. The molecule has 0 unspecified atom stereocenters. The highest BCUT2D eigenvalue weighted by Gasteiger charge is 2.25. The van der Waals surface area contributed by atoms with Gasteiger partial charge in [-0.05, 0) is 37.0 Å². The zero-order valence-electron chi connectivity index (χ0n) is 9.39. The molecule has 1 saturated carbocycles. The maximum Gasteiger partial charge on any atom is 0.237 e. The molecule has 1 aliphatic rings. The van der Waals surface area contributed by atoms with Crippen molar-refractivity contribution in [1.29, 1.82) is 0 Å². The lowest BCUT2D eigenvalue weighted by Gasteiger charge is -2.12. The summed E-state index contributed by atoms with van der Waals surface area (Å²) in [6.45, 7) is 0. The first-order valence-electron chi connectivity index (χ1n) is 5.63. The maximum atomic E-state index is 11.6. The molecule has 1 aromatic carbocycles. The molecule has 1 aromatic rings. The summed E-state index contributed by atoms with van der Waals surface area (Å²) >= 11 is 0. The highest BCUT2D eigenvalue weighted by Crippen LogP contribution is 2.25. The van der Waals surface area contributed by atoms with E-state index < -0.39 is 6.04 Å². The Morgan fingerprint density at radius 3 is 2.71 bits per heavy atom. The minimum absolute atomic E-state index is 0.167. The number of benzene rings is 1. The van der Waals surface area contributed by atoms with Crippen molar-refractivity contribution in [3.05, 3.63) is 23.8 Å². The van der Waals surface area contributed by atoms with Gasteiger partial charge in [-0.15, -0.1) is 0 Å². The van der Waals surface area contributed by atoms with Crippen LogP contribution in [0.1, 0.15) is 18.4 Å². The third-order valence-corrected chi connectivity index (χ3v) is 2.76. The Labute approximate surface area is 99.3 Å². The quantitative estimate of drug-likeness (QED) is 0.563. The summed E-state index contributed by atoms with van der Waals surface area (Å²) in [5.41, 5.74) is 6.48. The lowest BCUT2D eigenvalue weighted by atomic mass is 10.1. The maximum absolute atomic E-state index is 11.6. The van der Waals surface area contributed by atoms with Gasteiger partial charge in [-0.2, -0.15) is 0 Å². The molecule has 92 valence electrons. The molecule has 0 bridgehead atoms. The van der Waals surface area contributed by atoms with Crippen LogP contribution in [-0.2, 0) is 11.2 Å². The first-order chi connectivity index (χ1) is 8.06. The van der Waals surface area contributed by atoms with E-state index in [1.165, 1.54) is 12.1 Å². The number of nitrogens with two attached hydrogens (primary N) is 1. The SMILES string of the molecule is N[C@@H](Cc1ccc(O)c(O)c1)C(=O)NC1CC1. The van der Waals surface area contributed by atoms with Crippen LogP contribution in [-0.4, -0.2) is 28.2 Å². The van der Waals surface area contributed by atoms with Crippen molar-refractivity contribution < 1.29 is 15.0 Å². The van der Waals surface area contributed by atoms with E-state index in [-0.39, 0.29) is 17.4 Å². The fourth-order valence-corrected chi connectivity index (χ4v) is 1.58. The summed E-state index contributed by atoms with van der Waals surface area (Å²) in [5.74, 6) is -0.540. The zero-order valence-corrected chi connectivity index (χ0v) is 9.39. The molecular weight excluding hydrogens is 220 g/mol. The molecule has 0 spiro atoms. The minimum Gasteiger partial charge on any atom is -0.504 e. The van der Waals surface area contributed by atoms with E-state index in [4.69, 9.17) is 10.8 Å². The van der Waals surface area contributed by atoms with Crippen LogP contribution in [0.5, 0.6) is 11.5 Å². The van der Waals surface area contributed by atoms with E-state index in [2.05, 4.69) is 5.32 Å². The van der Waals surface area contributed by atoms with Gasteiger partial charge in [-0.25, -0.2) is 0 Å². The van der Waals surface area contributed by atoms with E-state index in [0.717, 1.165) is 18.4 Å². The van der Waals surface area contributed by atoms with Crippen LogP contribution in [0.25, 0.3) is 0 Å². The lowest BCUT2D eigenvalue weighted by molar-refractivity contribution is -0.122. The summed E-state index contributed by atoms with van der Waals surface area (Å²) in [4.78, 5) is 11.6. The molecule has 5 heteroatoms. The minimum atomic E-state index is -0.625. The van der Waals surface area contributed by atoms with Gasteiger partial charge in [0, 0.05) is 6.04 Å². The molecule has 2 rings (SSSR count). The number of phenolic OH excluding ortho intramolecular Hbond substituents is 2. The third kappa shape index (κ3) is 3.10.